The first-order valence-electron chi connectivity index (χ1n) is 6.50. The number of nitrogens with zero attached hydrogens (tertiary/aromatic N) is 1. The topological polar surface area (TPSA) is 49.4 Å². The second-order valence-electron chi connectivity index (χ2n) is 4.94. The SMILES string of the molecule is C=CC(=O)N1CCC(F)(F)[C@H](NC(=O)c2ccc(C)s2)C1. The Morgan fingerprint density at radius 1 is 1.52 bits per heavy atom. The van der Waals surface area contributed by atoms with Gasteiger partial charge in [0.1, 0.15) is 6.04 Å². The minimum Gasteiger partial charge on any atom is -0.341 e. The van der Waals surface area contributed by atoms with Gasteiger partial charge in [-0.15, -0.1) is 11.3 Å². The largest absolute Gasteiger partial charge is 0.341 e. The van der Waals surface area contributed by atoms with Gasteiger partial charge in [0, 0.05) is 24.4 Å². The molecule has 0 unspecified atom stereocenters. The molecule has 1 atom stereocenters. The van der Waals surface area contributed by atoms with E-state index in [0.717, 1.165) is 11.0 Å². The molecule has 1 aliphatic rings. The van der Waals surface area contributed by atoms with Crippen molar-refractivity contribution in [3.8, 4) is 0 Å². The molecule has 0 aliphatic carbocycles. The molecule has 114 valence electrons. The summed E-state index contributed by atoms with van der Waals surface area (Å²) < 4.78 is 27.8. The summed E-state index contributed by atoms with van der Waals surface area (Å²) in [6.07, 6.45) is 0.617. The Balaban J connectivity index is 2.09. The number of amides is 2. The van der Waals surface area contributed by atoms with E-state index in [1.54, 1.807) is 12.1 Å². The van der Waals surface area contributed by atoms with Gasteiger partial charge in [-0.3, -0.25) is 9.59 Å². The lowest BCUT2D eigenvalue weighted by molar-refractivity contribution is -0.135. The Kier molecular flexibility index (Phi) is 4.41. The molecular formula is C14H16F2N2O2S. The maximum atomic E-state index is 13.9. The number of carbonyl (C=O) groups is 2. The van der Waals surface area contributed by atoms with Crippen LogP contribution in [0.15, 0.2) is 24.8 Å². The molecule has 1 saturated heterocycles. The van der Waals surface area contributed by atoms with Crippen molar-refractivity contribution in [3.05, 3.63) is 34.5 Å². The average Bonchev–Trinajstić information content (AvgIpc) is 2.87. The first-order valence-corrected chi connectivity index (χ1v) is 7.31. The van der Waals surface area contributed by atoms with Gasteiger partial charge in [-0.1, -0.05) is 6.58 Å². The zero-order valence-corrected chi connectivity index (χ0v) is 12.4. The number of hydrogen-bond donors (Lipinski definition) is 1. The molecule has 1 fully saturated rings. The van der Waals surface area contributed by atoms with E-state index in [1.165, 1.54) is 16.2 Å². The molecule has 1 aromatic rings. The van der Waals surface area contributed by atoms with Crippen LogP contribution in [0.4, 0.5) is 8.78 Å². The fraction of sp³-hybridized carbons (Fsp3) is 0.429. The van der Waals surface area contributed by atoms with Crippen LogP contribution in [0.2, 0.25) is 0 Å². The van der Waals surface area contributed by atoms with E-state index >= 15 is 0 Å². The van der Waals surface area contributed by atoms with Crippen LogP contribution in [0.5, 0.6) is 0 Å². The number of likely N-dealkylation sites (tertiary alicyclic amines) is 1. The maximum Gasteiger partial charge on any atom is 0.271 e. The second kappa shape index (κ2) is 5.93. The Morgan fingerprint density at radius 2 is 2.24 bits per heavy atom. The fourth-order valence-corrected chi connectivity index (χ4v) is 2.94. The van der Waals surface area contributed by atoms with Crippen LogP contribution < -0.4 is 5.32 Å². The van der Waals surface area contributed by atoms with Crippen molar-refractivity contribution in [2.45, 2.75) is 25.3 Å². The number of piperidine rings is 1. The van der Waals surface area contributed by atoms with Crippen molar-refractivity contribution in [2.24, 2.45) is 0 Å². The molecule has 2 amide bonds. The number of halogens is 2. The number of thiophene rings is 1. The summed E-state index contributed by atoms with van der Waals surface area (Å²) in [5, 5.41) is 2.34. The molecule has 1 N–H and O–H groups in total. The highest BCUT2D eigenvalue weighted by Gasteiger charge is 2.45. The van der Waals surface area contributed by atoms with E-state index in [2.05, 4.69) is 11.9 Å². The number of carbonyl (C=O) groups excluding carboxylic acids is 2. The molecule has 0 radical (unpaired) electrons. The van der Waals surface area contributed by atoms with Gasteiger partial charge >= 0.3 is 0 Å². The lowest BCUT2D eigenvalue weighted by Crippen LogP contribution is -2.59. The van der Waals surface area contributed by atoms with Gasteiger partial charge in [-0.05, 0) is 25.1 Å². The first kappa shape index (κ1) is 15.6. The van der Waals surface area contributed by atoms with Crippen molar-refractivity contribution in [1.82, 2.24) is 10.2 Å². The molecule has 0 spiro atoms. The standard InChI is InChI=1S/C14H16F2N2O2S/c1-3-12(19)18-7-6-14(15,16)11(8-18)17-13(20)10-5-4-9(2)21-10/h3-5,11H,1,6-8H2,2H3,(H,17,20)/t11-/m1/s1. The molecule has 21 heavy (non-hydrogen) atoms. The molecule has 4 nitrogen and oxygen atoms in total. The van der Waals surface area contributed by atoms with E-state index in [9.17, 15) is 18.4 Å². The van der Waals surface area contributed by atoms with Crippen LogP contribution in [0.25, 0.3) is 0 Å². The summed E-state index contributed by atoms with van der Waals surface area (Å²) in [5.74, 6) is -3.97. The monoisotopic (exact) mass is 314 g/mol. The van der Waals surface area contributed by atoms with E-state index in [0.29, 0.717) is 4.88 Å². The van der Waals surface area contributed by atoms with Gasteiger partial charge in [0.2, 0.25) is 5.91 Å². The summed E-state index contributed by atoms with van der Waals surface area (Å²) in [5.41, 5.74) is 0. The quantitative estimate of drug-likeness (QED) is 0.870. The van der Waals surface area contributed by atoms with Crippen LogP contribution >= 0.6 is 11.3 Å². The van der Waals surface area contributed by atoms with E-state index < -0.39 is 30.2 Å². The zero-order valence-electron chi connectivity index (χ0n) is 11.6. The molecule has 0 saturated carbocycles. The first-order chi connectivity index (χ1) is 9.83. The summed E-state index contributed by atoms with van der Waals surface area (Å²) in [4.78, 5) is 26.1. The second-order valence-corrected chi connectivity index (χ2v) is 6.22. The molecule has 2 rings (SSSR count). The Hall–Kier alpha value is -1.76. The van der Waals surface area contributed by atoms with Crippen molar-refractivity contribution in [3.63, 3.8) is 0 Å². The predicted octanol–water partition coefficient (Wildman–Crippen LogP) is 2.21. The number of hydrogen-bond acceptors (Lipinski definition) is 3. The fourth-order valence-electron chi connectivity index (χ4n) is 2.17. The summed E-state index contributed by atoms with van der Waals surface area (Å²) in [6.45, 7) is 4.92. The highest BCUT2D eigenvalue weighted by atomic mass is 32.1. The molecular weight excluding hydrogens is 298 g/mol. The number of alkyl halides is 2. The minimum atomic E-state index is -3.03. The van der Waals surface area contributed by atoms with E-state index in [4.69, 9.17) is 0 Å². The van der Waals surface area contributed by atoms with Crippen LogP contribution in [-0.4, -0.2) is 41.8 Å². The Labute approximate surface area is 125 Å². The summed E-state index contributed by atoms with van der Waals surface area (Å²) in [6, 6.07) is 1.97. The van der Waals surface area contributed by atoms with Crippen molar-refractivity contribution in [1.29, 1.82) is 0 Å². The third-order valence-electron chi connectivity index (χ3n) is 3.38. The number of aryl methyl sites for hydroxylation is 1. The predicted molar refractivity (Wildman–Crippen MR) is 76.7 cm³/mol. The van der Waals surface area contributed by atoms with Crippen LogP contribution in [0, 0.1) is 6.92 Å². The third kappa shape index (κ3) is 3.47. The molecule has 0 aromatic carbocycles. The van der Waals surface area contributed by atoms with E-state index in [1.807, 2.05) is 6.92 Å². The van der Waals surface area contributed by atoms with Crippen molar-refractivity contribution in [2.75, 3.05) is 13.1 Å². The Bertz CT molecular complexity index is 571. The summed E-state index contributed by atoms with van der Waals surface area (Å²) in [7, 11) is 0. The molecule has 1 aliphatic heterocycles. The number of rotatable bonds is 3. The van der Waals surface area contributed by atoms with Crippen molar-refractivity contribution < 1.29 is 18.4 Å². The highest BCUT2D eigenvalue weighted by Crippen LogP contribution is 2.29. The van der Waals surface area contributed by atoms with E-state index in [-0.39, 0.29) is 13.1 Å². The normalized spacial score (nSPS) is 20.9. The number of nitrogens with one attached hydrogen (secondary N) is 1. The highest BCUT2D eigenvalue weighted by molar-refractivity contribution is 7.13. The summed E-state index contributed by atoms with van der Waals surface area (Å²) >= 11 is 1.24. The Morgan fingerprint density at radius 3 is 2.81 bits per heavy atom. The lowest BCUT2D eigenvalue weighted by Gasteiger charge is -2.38. The van der Waals surface area contributed by atoms with Crippen LogP contribution in [-0.2, 0) is 4.79 Å². The van der Waals surface area contributed by atoms with Crippen molar-refractivity contribution >= 4 is 23.2 Å². The molecule has 2 heterocycles. The minimum absolute atomic E-state index is 0.0394. The van der Waals surface area contributed by atoms with Gasteiger partial charge in [0.05, 0.1) is 4.88 Å². The smallest absolute Gasteiger partial charge is 0.271 e. The van der Waals surface area contributed by atoms with Gasteiger partial charge in [-0.2, -0.15) is 0 Å². The van der Waals surface area contributed by atoms with Gasteiger partial charge < -0.3 is 10.2 Å². The molecule has 7 heteroatoms. The van der Waals surface area contributed by atoms with Crippen LogP contribution in [0.3, 0.4) is 0 Å². The van der Waals surface area contributed by atoms with Gasteiger partial charge in [0.25, 0.3) is 11.8 Å². The maximum absolute atomic E-state index is 13.9. The zero-order chi connectivity index (χ0) is 15.6. The van der Waals surface area contributed by atoms with Crippen LogP contribution in [0.1, 0.15) is 21.0 Å². The van der Waals surface area contributed by atoms with Gasteiger partial charge in [0.15, 0.2) is 0 Å². The molecule has 0 bridgehead atoms. The lowest BCUT2D eigenvalue weighted by atomic mass is 10.0. The third-order valence-corrected chi connectivity index (χ3v) is 4.38. The van der Waals surface area contributed by atoms with Gasteiger partial charge in [-0.25, -0.2) is 8.78 Å². The molecule has 1 aromatic heterocycles. The average molecular weight is 314 g/mol.